The Labute approximate surface area is 103 Å². The summed E-state index contributed by atoms with van der Waals surface area (Å²) in [6, 6.07) is 0. The van der Waals surface area contributed by atoms with Crippen LogP contribution >= 0.6 is 0 Å². The fourth-order valence-corrected chi connectivity index (χ4v) is 4.96. The van der Waals surface area contributed by atoms with Crippen LogP contribution in [0.1, 0.15) is 45.4 Å². The SMILES string of the molecule is C=CC(=O)OC1(C)CC2CC(C1)C1CCCC21. The van der Waals surface area contributed by atoms with Crippen molar-refractivity contribution in [3.8, 4) is 0 Å². The van der Waals surface area contributed by atoms with Crippen LogP contribution in [0.15, 0.2) is 12.7 Å². The Kier molecular flexibility index (Phi) is 2.57. The lowest BCUT2D eigenvalue weighted by Gasteiger charge is -2.38. The summed E-state index contributed by atoms with van der Waals surface area (Å²) in [6.45, 7) is 5.61. The average molecular weight is 234 g/mol. The Morgan fingerprint density at radius 1 is 1.29 bits per heavy atom. The van der Waals surface area contributed by atoms with E-state index in [9.17, 15) is 4.79 Å². The molecule has 4 unspecified atom stereocenters. The molecule has 3 aliphatic rings. The van der Waals surface area contributed by atoms with E-state index in [1.54, 1.807) is 0 Å². The van der Waals surface area contributed by atoms with Crippen LogP contribution in [-0.4, -0.2) is 11.6 Å². The first-order valence-corrected chi connectivity index (χ1v) is 6.97. The van der Waals surface area contributed by atoms with Gasteiger partial charge in [-0.15, -0.1) is 0 Å². The Morgan fingerprint density at radius 2 is 1.88 bits per heavy atom. The molecule has 3 saturated carbocycles. The van der Waals surface area contributed by atoms with Crippen molar-refractivity contribution in [1.82, 2.24) is 0 Å². The number of ether oxygens (including phenoxy) is 1. The van der Waals surface area contributed by atoms with Crippen molar-refractivity contribution in [2.45, 2.75) is 51.0 Å². The van der Waals surface area contributed by atoms with Gasteiger partial charge in [0.2, 0.25) is 0 Å². The summed E-state index contributed by atoms with van der Waals surface area (Å²) in [5.74, 6) is 3.24. The molecule has 0 aromatic carbocycles. The minimum absolute atomic E-state index is 0.219. The van der Waals surface area contributed by atoms with Crippen LogP contribution in [-0.2, 0) is 9.53 Å². The number of rotatable bonds is 2. The molecule has 3 aliphatic carbocycles. The second kappa shape index (κ2) is 3.86. The van der Waals surface area contributed by atoms with Crippen molar-refractivity contribution < 1.29 is 9.53 Å². The fraction of sp³-hybridized carbons (Fsp3) is 0.800. The lowest BCUT2D eigenvalue weighted by Crippen LogP contribution is -2.38. The lowest BCUT2D eigenvalue weighted by atomic mass is 9.76. The van der Waals surface area contributed by atoms with E-state index in [1.165, 1.54) is 31.8 Å². The smallest absolute Gasteiger partial charge is 0.330 e. The largest absolute Gasteiger partial charge is 0.456 e. The molecule has 0 aromatic heterocycles. The highest BCUT2D eigenvalue weighted by atomic mass is 16.6. The molecule has 0 N–H and O–H groups in total. The maximum atomic E-state index is 11.4. The molecule has 4 atom stereocenters. The minimum Gasteiger partial charge on any atom is -0.456 e. The van der Waals surface area contributed by atoms with Gasteiger partial charge >= 0.3 is 5.97 Å². The fourth-order valence-electron chi connectivity index (χ4n) is 4.96. The molecular weight excluding hydrogens is 212 g/mol. The van der Waals surface area contributed by atoms with Crippen molar-refractivity contribution in [1.29, 1.82) is 0 Å². The van der Waals surface area contributed by atoms with Crippen molar-refractivity contribution >= 4 is 5.97 Å². The molecule has 3 rings (SSSR count). The summed E-state index contributed by atoms with van der Waals surface area (Å²) < 4.78 is 5.62. The molecule has 0 amide bonds. The zero-order valence-electron chi connectivity index (χ0n) is 10.7. The predicted octanol–water partition coefficient (Wildman–Crippen LogP) is 3.32. The molecule has 0 aromatic rings. The molecule has 2 heteroatoms. The third kappa shape index (κ3) is 1.82. The summed E-state index contributed by atoms with van der Waals surface area (Å²) in [4.78, 5) is 11.4. The maximum absolute atomic E-state index is 11.4. The van der Waals surface area contributed by atoms with Gasteiger partial charge in [-0.05, 0) is 62.7 Å². The predicted molar refractivity (Wildman–Crippen MR) is 66.4 cm³/mol. The van der Waals surface area contributed by atoms with Crippen LogP contribution < -0.4 is 0 Å². The molecule has 0 radical (unpaired) electrons. The third-order valence-electron chi connectivity index (χ3n) is 5.34. The average Bonchev–Trinajstić information content (AvgIpc) is 2.83. The molecular formula is C15H22O2. The Morgan fingerprint density at radius 3 is 2.41 bits per heavy atom. The van der Waals surface area contributed by atoms with Crippen LogP contribution in [0, 0.1) is 23.7 Å². The molecule has 94 valence electrons. The van der Waals surface area contributed by atoms with E-state index in [0.717, 1.165) is 36.5 Å². The summed E-state index contributed by atoms with van der Waals surface area (Å²) in [5.41, 5.74) is -0.219. The quantitative estimate of drug-likeness (QED) is 0.541. The molecule has 17 heavy (non-hydrogen) atoms. The van der Waals surface area contributed by atoms with Crippen LogP contribution in [0.2, 0.25) is 0 Å². The van der Waals surface area contributed by atoms with Crippen LogP contribution in [0.25, 0.3) is 0 Å². The van der Waals surface area contributed by atoms with Gasteiger partial charge in [0.05, 0.1) is 0 Å². The van der Waals surface area contributed by atoms with Crippen molar-refractivity contribution in [2.24, 2.45) is 23.7 Å². The van der Waals surface area contributed by atoms with Crippen LogP contribution in [0.5, 0.6) is 0 Å². The second-order valence-electron chi connectivity index (χ2n) is 6.50. The molecule has 0 spiro atoms. The van der Waals surface area contributed by atoms with E-state index in [4.69, 9.17) is 4.74 Å². The summed E-state index contributed by atoms with van der Waals surface area (Å²) in [6.07, 6.45) is 9.08. The highest BCUT2D eigenvalue weighted by Crippen LogP contribution is 2.59. The standard InChI is InChI=1S/C15H22O2/c1-3-14(16)17-15(2)8-10-7-11(9-15)13-6-4-5-12(10)13/h3,10-13H,1,4-9H2,2H3. The first-order valence-electron chi connectivity index (χ1n) is 6.97. The van der Waals surface area contributed by atoms with E-state index >= 15 is 0 Å². The molecule has 2 bridgehead atoms. The van der Waals surface area contributed by atoms with Gasteiger partial charge in [0.15, 0.2) is 0 Å². The molecule has 2 nitrogen and oxygen atoms in total. The van der Waals surface area contributed by atoms with E-state index in [0.29, 0.717) is 0 Å². The van der Waals surface area contributed by atoms with Gasteiger partial charge in [0.1, 0.15) is 5.60 Å². The van der Waals surface area contributed by atoms with Gasteiger partial charge in [-0.3, -0.25) is 0 Å². The third-order valence-corrected chi connectivity index (χ3v) is 5.34. The number of hydrogen-bond donors (Lipinski definition) is 0. The number of esters is 1. The van der Waals surface area contributed by atoms with Gasteiger partial charge < -0.3 is 4.74 Å². The van der Waals surface area contributed by atoms with Gasteiger partial charge in [0.25, 0.3) is 0 Å². The van der Waals surface area contributed by atoms with Crippen LogP contribution in [0.3, 0.4) is 0 Å². The van der Waals surface area contributed by atoms with E-state index in [1.807, 2.05) is 0 Å². The van der Waals surface area contributed by atoms with E-state index in [-0.39, 0.29) is 11.6 Å². The Balaban J connectivity index is 1.75. The van der Waals surface area contributed by atoms with Gasteiger partial charge in [-0.25, -0.2) is 4.79 Å². The minimum atomic E-state index is -0.251. The number of fused-ring (bicyclic) bond motifs is 5. The van der Waals surface area contributed by atoms with Crippen molar-refractivity contribution in [2.75, 3.05) is 0 Å². The molecule has 3 fully saturated rings. The number of carbonyl (C=O) groups excluding carboxylic acids is 1. The number of hydrogen-bond acceptors (Lipinski definition) is 2. The second-order valence-corrected chi connectivity index (χ2v) is 6.50. The zero-order chi connectivity index (χ0) is 12.0. The highest BCUT2D eigenvalue weighted by Gasteiger charge is 2.53. The first-order chi connectivity index (χ1) is 8.11. The Hall–Kier alpha value is -0.790. The number of carbonyl (C=O) groups is 1. The molecule has 0 aliphatic heterocycles. The van der Waals surface area contributed by atoms with Gasteiger partial charge in [-0.1, -0.05) is 13.0 Å². The van der Waals surface area contributed by atoms with Gasteiger partial charge in [-0.2, -0.15) is 0 Å². The molecule has 0 saturated heterocycles. The van der Waals surface area contributed by atoms with Crippen molar-refractivity contribution in [3.05, 3.63) is 12.7 Å². The normalized spacial score (nSPS) is 47.6. The van der Waals surface area contributed by atoms with Crippen LogP contribution in [0.4, 0.5) is 0 Å². The highest BCUT2D eigenvalue weighted by molar-refractivity contribution is 5.81. The lowest BCUT2D eigenvalue weighted by molar-refractivity contribution is -0.157. The van der Waals surface area contributed by atoms with E-state index < -0.39 is 0 Å². The van der Waals surface area contributed by atoms with E-state index in [2.05, 4.69) is 13.5 Å². The monoisotopic (exact) mass is 234 g/mol. The Bertz CT molecular complexity index is 329. The zero-order valence-corrected chi connectivity index (χ0v) is 10.7. The first kappa shape index (κ1) is 11.3. The summed E-state index contributed by atoms with van der Waals surface area (Å²) in [5, 5.41) is 0. The summed E-state index contributed by atoms with van der Waals surface area (Å²) in [7, 11) is 0. The maximum Gasteiger partial charge on any atom is 0.330 e. The summed E-state index contributed by atoms with van der Waals surface area (Å²) >= 11 is 0. The van der Waals surface area contributed by atoms with Crippen molar-refractivity contribution in [3.63, 3.8) is 0 Å². The molecule has 0 heterocycles. The topological polar surface area (TPSA) is 26.3 Å². The van der Waals surface area contributed by atoms with Gasteiger partial charge in [0, 0.05) is 6.08 Å².